The second kappa shape index (κ2) is 3.10. The van der Waals surface area contributed by atoms with Gasteiger partial charge in [-0.1, -0.05) is 0 Å². The Balaban J connectivity index is 2.62. The first-order valence-electron chi connectivity index (χ1n) is 4.11. The topological polar surface area (TPSA) is 67.9 Å². The van der Waals surface area contributed by atoms with Crippen LogP contribution in [0.15, 0.2) is 12.4 Å². The number of carbonyl (C=O) groups is 1. The smallest absolute Gasteiger partial charge is 0.374 e. The fourth-order valence-corrected chi connectivity index (χ4v) is 1.26. The summed E-state index contributed by atoms with van der Waals surface area (Å²) in [5.74, 6) is -0.265. The van der Waals surface area contributed by atoms with Crippen molar-refractivity contribution in [3.8, 4) is 0 Å². The van der Waals surface area contributed by atoms with Crippen LogP contribution in [0.3, 0.4) is 0 Å². The predicted molar refractivity (Wildman–Crippen MR) is 50.0 cm³/mol. The van der Waals surface area contributed by atoms with Crippen LogP contribution in [0.2, 0.25) is 0 Å². The summed E-state index contributed by atoms with van der Waals surface area (Å²) in [6.07, 6.45) is 3.33. The van der Waals surface area contributed by atoms with Gasteiger partial charge in [-0.05, 0) is 12.5 Å². The summed E-state index contributed by atoms with van der Waals surface area (Å²) in [4.78, 5) is 22.1. The van der Waals surface area contributed by atoms with Crippen LogP contribution in [0.5, 0.6) is 0 Å². The van der Waals surface area contributed by atoms with E-state index < -0.39 is 5.97 Å². The van der Waals surface area contributed by atoms with Gasteiger partial charge in [-0.2, -0.15) is 0 Å². The molecule has 1 N–H and O–H groups in total. The summed E-state index contributed by atoms with van der Waals surface area (Å²) in [6.45, 7) is 1.89. The predicted octanol–water partition coefficient (Wildman–Crippen LogP) is 1.05. The number of esters is 1. The molecule has 2 rings (SSSR count). The van der Waals surface area contributed by atoms with E-state index in [-0.39, 0.29) is 5.82 Å². The average molecular weight is 191 g/mol. The zero-order chi connectivity index (χ0) is 10.1. The number of nitrogens with zero attached hydrogens (tertiary/aromatic N) is 2. The summed E-state index contributed by atoms with van der Waals surface area (Å²) >= 11 is 0. The first-order valence-corrected chi connectivity index (χ1v) is 4.11. The summed E-state index contributed by atoms with van der Waals surface area (Å²) in [7, 11) is 1.32. The van der Waals surface area contributed by atoms with E-state index >= 15 is 0 Å². The maximum absolute atomic E-state index is 11.2. The second-order valence-corrected chi connectivity index (χ2v) is 2.93. The number of rotatable bonds is 1. The molecule has 2 heterocycles. The van der Waals surface area contributed by atoms with Gasteiger partial charge in [0.25, 0.3) is 0 Å². The van der Waals surface area contributed by atoms with E-state index in [2.05, 4.69) is 19.7 Å². The van der Waals surface area contributed by atoms with Crippen LogP contribution < -0.4 is 0 Å². The number of aromatic nitrogens is 3. The molecule has 0 saturated heterocycles. The Morgan fingerprint density at radius 2 is 2.29 bits per heavy atom. The molecule has 72 valence electrons. The molecule has 0 unspecified atom stereocenters. The summed E-state index contributed by atoms with van der Waals surface area (Å²) in [5, 5.41) is 0. The molecule has 2 aromatic heterocycles. The van der Waals surface area contributed by atoms with Gasteiger partial charge >= 0.3 is 5.97 Å². The van der Waals surface area contributed by atoms with Gasteiger partial charge < -0.3 is 9.72 Å². The molecule has 0 aliphatic rings. The molecule has 0 bridgehead atoms. The van der Waals surface area contributed by atoms with Crippen molar-refractivity contribution in [3.63, 3.8) is 0 Å². The molecular weight excluding hydrogens is 182 g/mol. The lowest BCUT2D eigenvalue weighted by Gasteiger charge is -1.90. The van der Waals surface area contributed by atoms with E-state index in [4.69, 9.17) is 0 Å². The van der Waals surface area contributed by atoms with E-state index in [1.54, 1.807) is 12.4 Å². The zero-order valence-corrected chi connectivity index (χ0v) is 7.87. The van der Waals surface area contributed by atoms with E-state index in [0.717, 1.165) is 16.6 Å². The van der Waals surface area contributed by atoms with Crippen LogP contribution in [0, 0.1) is 6.92 Å². The number of imidazole rings is 1. The van der Waals surface area contributed by atoms with E-state index in [1.165, 1.54) is 7.11 Å². The summed E-state index contributed by atoms with van der Waals surface area (Å²) in [5.41, 5.74) is 2.42. The molecule has 5 nitrogen and oxygen atoms in total. The fraction of sp³-hybridized carbons (Fsp3) is 0.222. The van der Waals surface area contributed by atoms with Gasteiger partial charge in [0.2, 0.25) is 5.82 Å². The molecule has 0 radical (unpaired) electrons. The summed E-state index contributed by atoms with van der Waals surface area (Å²) in [6, 6.07) is 0. The monoisotopic (exact) mass is 191 g/mol. The van der Waals surface area contributed by atoms with Crippen LogP contribution in [-0.4, -0.2) is 28.0 Å². The van der Waals surface area contributed by atoms with Gasteiger partial charge in [0.15, 0.2) is 0 Å². The van der Waals surface area contributed by atoms with Crippen molar-refractivity contribution in [1.29, 1.82) is 0 Å². The third kappa shape index (κ3) is 1.22. The molecule has 14 heavy (non-hydrogen) atoms. The van der Waals surface area contributed by atoms with Crippen molar-refractivity contribution in [2.45, 2.75) is 6.92 Å². The van der Waals surface area contributed by atoms with Crippen LogP contribution in [0.25, 0.3) is 11.0 Å². The van der Waals surface area contributed by atoms with E-state index in [1.807, 2.05) is 6.92 Å². The number of hydrogen-bond acceptors (Lipinski definition) is 4. The Morgan fingerprint density at radius 1 is 1.50 bits per heavy atom. The number of pyridine rings is 1. The number of methoxy groups -OCH3 is 1. The Bertz CT molecular complexity index is 490. The molecule has 0 fully saturated rings. The Labute approximate surface area is 80.1 Å². The van der Waals surface area contributed by atoms with Crippen molar-refractivity contribution >= 4 is 17.0 Å². The highest BCUT2D eigenvalue weighted by Crippen LogP contribution is 2.13. The Kier molecular flexibility index (Phi) is 1.92. The SMILES string of the molecule is COC(=O)c1nc2c(C)cncc2[nH]1. The van der Waals surface area contributed by atoms with Crippen LogP contribution >= 0.6 is 0 Å². The number of carbonyl (C=O) groups excluding carboxylic acids is 1. The second-order valence-electron chi connectivity index (χ2n) is 2.93. The highest BCUT2D eigenvalue weighted by Gasteiger charge is 2.12. The van der Waals surface area contributed by atoms with Crippen LogP contribution in [0.1, 0.15) is 16.2 Å². The van der Waals surface area contributed by atoms with Gasteiger partial charge in [0.1, 0.15) is 0 Å². The number of aromatic amines is 1. The van der Waals surface area contributed by atoms with Gasteiger partial charge in [-0.15, -0.1) is 0 Å². The van der Waals surface area contributed by atoms with Gasteiger partial charge in [0, 0.05) is 6.20 Å². The van der Waals surface area contributed by atoms with Gasteiger partial charge in [0.05, 0.1) is 24.3 Å². The molecule has 0 saturated carbocycles. The van der Waals surface area contributed by atoms with Crippen molar-refractivity contribution < 1.29 is 9.53 Å². The zero-order valence-electron chi connectivity index (χ0n) is 7.87. The average Bonchev–Trinajstić information content (AvgIpc) is 2.62. The molecule has 0 aliphatic heterocycles. The molecule has 2 aromatic rings. The van der Waals surface area contributed by atoms with Crippen molar-refractivity contribution in [2.75, 3.05) is 7.11 Å². The number of aryl methyl sites for hydroxylation is 1. The quantitative estimate of drug-likeness (QED) is 0.684. The van der Waals surface area contributed by atoms with Crippen molar-refractivity contribution in [3.05, 3.63) is 23.8 Å². The standard InChI is InChI=1S/C9H9N3O2/c1-5-3-10-4-6-7(5)12-8(11-6)9(13)14-2/h3-4H,1-2H3,(H,11,12). The number of H-pyrrole nitrogens is 1. The molecule has 0 amide bonds. The van der Waals surface area contributed by atoms with Crippen LogP contribution in [0.4, 0.5) is 0 Å². The van der Waals surface area contributed by atoms with Gasteiger partial charge in [-0.25, -0.2) is 9.78 Å². The molecule has 0 aromatic carbocycles. The lowest BCUT2D eigenvalue weighted by atomic mass is 10.3. The first-order chi connectivity index (χ1) is 6.72. The number of nitrogens with one attached hydrogen (secondary N) is 1. The third-order valence-corrected chi connectivity index (χ3v) is 1.96. The molecule has 5 heteroatoms. The normalized spacial score (nSPS) is 10.4. The lowest BCUT2D eigenvalue weighted by Crippen LogP contribution is -2.02. The minimum absolute atomic E-state index is 0.207. The lowest BCUT2D eigenvalue weighted by molar-refractivity contribution is 0.0588. The van der Waals surface area contributed by atoms with Crippen molar-refractivity contribution in [1.82, 2.24) is 15.0 Å². The molecule has 0 atom stereocenters. The first kappa shape index (κ1) is 8.68. The minimum atomic E-state index is -0.472. The molecule has 0 aliphatic carbocycles. The largest absolute Gasteiger partial charge is 0.463 e. The van der Waals surface area contributed by atoms with E-state index in [9.17, 15) is 4.79 Å². The van der Waals surface area contributed by atoms with Crippen LogP contribution in [-0.2, 0) is 4.74 Å². The summed E-state index contributed by atoms with van der Waals surface area (Å²) < 4.78 is 4.55. The molecular formula is C9H9N3O2. The Hall–Kier alpha value is -1.91. The minimum Gasteiger partial charge on any atom is -0.463 e. The Morgan fingerprint density at radius 3 is 2.93 bits per heavy atom. The number of fused-ring (bicyclic) bond motifs is 1. The number of hydrogen-bond donors (Lipinski definition) is 1. The van der Waals surface area contributed by atoms with Crippen molar-refractivity contribution in [2.24, 2.45) is 0 Å². The highest BCUT2D eigenvalue weighted by atomic mass is 16.5. The fourth-order valence-electron chi connectivity index (χ4n) is 1.26. The highest BCUT2D eigenvalue weighted by molar-refractivity contribution is 5.90. The number of ether oxygens (including phenoxy) is 1. The molecule has 0 spiro atoms. The maximum Gasteiger partial charge on any atom is 0.374 e. The van der Waals surface area contributed by atoms with E-state index in [0.29, 0.717) is 0 Å². The maximum atomic E-state index is 11.2. The third-order valence-electron chi connectivity index (χ3n) is 1.96. The van der Waals surface area contributed by atoms with Gasteiger partial charge in [-0.3, -0.25) is 4.98 Å².